The van der Waals surface area contributed by atoms with Crippen molar-refractivity contribution in [3.05, 3.63) is 24.5 Å². The van der Waals surface area contributed by atoms with Gasteiger partial charge >= 0.3 is 12.1 Å². The average molecular weight is 310 g/mol. The van der Waals surface area contributed by atoms with Gasteiger partial charge in [0.05, 0.1) is 24.3 Å². The Labute approximate surface area is 127 Å². The van der Waals surface area contributed by atoms with Crippen LogP contribution < -0.4 is 0 Å². The molecule has 0 aromatic carbocycles. The molecule has 0 radical (unpaired) electrons. The second kappa shape index (κ2) is 7.03. The first-order chi connectivity index (χ1) is 10.5. The molecule has 1 fully saturated rings. The van der Waals surface area contributed by atoms with Gasteiger partial charge in [0.25, 0.3) is 0 Å². The van der Waals surface area contributed by atoms with Gasteiger partial charge < -0.3 is 19.5 Å². The lowest BCUT2D eigenvalue weighted by molar-refractivity contribution is -0.137. The number of methoxy groups -OCH3 is 1. The van der Waals surface area contributed by atoms with E-state index in [-0.39, 0.29) is 25.2 Å². The molecule has 1 aromatic heterocycles. The smallest absolute Gasteiger partial charge is 0.410 e. The summed E-state index contributed by atoms with van der Waals surface area (Å²) in [6, 6.07) is 0. The second-order valence-electron chi connectivity index (χ2n) is 4.89. The van der Waals surface area contributed by atoms with Gasteiger partial charge in [0.1, 0.15) is 13.2 Å². The van der Waals surface area contributed by atoms with Crippen molar-refractivity contribution in [1.29, 1.82) is 0 Å². The van der Waals surface area contributed by atoms with Crippen molar-refractivity contribution >= 4 is 12.1 Å². The number of rotatable bonds is 6. The first-order valence-corrected chi connectivity index (χ1v) is 6.72. The predicted molar refractivity (Wildman–Crippen MR) is 74.3 cm³/mol. The minimum absolute atomic E-state index is 0.145. The summed E-state index contributed by atoms with van der Waals surface area (Å²) in [6.07, 6.45) is 2.37. The molecule has 1 aromatic rings. The minimum Gasteiger partial charge on any atom is -0.480 e. The number of hydrogen-bond acceptors (Lipinski definition) is 6. The van der Waals surface area contributed by atoms with Crippen LogP contribution in [0.25, 0.3) is 0 Å². The molecule has 1 aliphatic rings. The largest absolute Gasteiger partial charge is 0.480 e. The zero-order valence-corrected chi connectivity index (χ0v) is 12.2. The van der Waals surface area contributed by atoms with Crippen molar-refractivity contribution < 1.29 is 24.2 Å². The summed E-state index contributed by atoms with van der Waals surface area (Å²) < 4.78 is 11.6. The SMILES string of the molecule is C=CCOC(=O)N1C[C@H](OC)[C@@H](c2cn(CC(=O)O)nn2)C1. The van der Waals surface area contributed by atoms with Gasteiger partial charge in [-0.25, -0.2) is 9.48 Å². The highest BCUT2D eigenvalue weighted by Crippen LogP contribution is 2.28. The fourth-order valence-corrected chi connectivity index (χ4v) is 2.37. The summed E-state index contributed by atoms with van der Waals surface area (Å²) in [6.45, 7) is 4.13. The molecule has 1 aliphatic heterocycles. The van der Waals surface area contributed by atoms with Crippen molar-refractivity contribution in [2.75, 3.05) is 26.8 Å². The van der Waals surface area contributed by atoms with Crippen LogP contribution in [0.3, 0.4) is 0 Å². The summed E-state index contributed by atoms with van der Waals surface area (Å²) in [7, 11) is 1.55. The molecule has 0 unspecified atom stereocenters. The lowest BCUT2D eigenvalue weighted by Crippen LogP contribution is -2.30. The van der Waals surface area contributed by atoms with Gasteiger partial charge in [-0.15, -0.1) is 5.10 Å². The first-order valence-electron chi connectivity index (χ1n) is 6.72. The Morgan fingerprint density at radius 3 is 2.95 bits per heavy atom. The Kier molecular flexibility index (Phi) is 5.10. The summed E-state index contributed by atoms with van der Waals surface area (Å²) in [4.78, 5) is 24.1. The van der Waals surface area contributed by atoms with Crippen LogP contribution >= 0.6 is 0 Å². The molecule has 0 saturated carbocycles. The highest BCUT2D eigenvalue weighted by atomic mass is 16.6. The minimum atomic E-state index is -0.999. The molecule has 120 valence electrons. The third-order valence-corrected chi connectivity index (χ3v) is 3.39. The van der Waals surface area contributed by atoms with E-state index in [2.05, 4.69) is 16.9 Å². The van der Waals surface area contributed by atoms with E-state index in [4.69, 9.17) is 14.6 Å². The maximum atomic E-state index is 11.9. The van der Waals surface area contributed by atoms with Gasteiger partial charge in [-0.05, 0) is 0 Å². The van der Waals surface area contributed by atoms with Crippen LogP contribution in [0.2, 0.25) is 0 Å². The van der Waals surface area contributed by atoms with Gasteiger partial charge in [0.15, 0.2) is 0 Å². The van der Waals surface area contributed by atoms with Crippen LogP contribution in [0.1, 0.15) is 11.6 Å². The van der Waals surface area contributed by atoms with Crippen molar-refractivity contribution in [3.8, 4) is 0 Å². The topological polar surface area (TPSA) is 107 Å². The van der Waals surface area contributed by atoms with Gasteiger partial charge in [-0.3, -0.25) is 4.79 Å². The van der Waals surface area contributed by atoms with Crippen LogP contribution in [0.5, 0.6) is 0 Å². The number of aromatic nitrogens is 3. The highest BCUT2D eigenvalue weighted by Gasteiger charge is 2.38. The van der Waals surface area contributed by atoms with Crippen LogP contribution in [0.15, 0.2) is 18.9 Å². The number of carbonyl (C=O) groups excluding carboxylic acids is 1. The summed E-state index contributed by atoms with van der Waals surface area (Å²) in [5.41, 5.74) is 0.590. The van der Waals surface area contributed by atoms with E-state index in [0.717, 1.165) is 0 Å². The van der Waals surface area contributed by atoms with Crippen LogP contribution in [-0.4, -0.2) is 70.0 Å². The predicted octanol–water partition coefficient (Wildman–Crippen LogP) is 0.0995. The lowest BCUT2D eigenvalue weighted by atomic mass is 10.0. The Morgan fingerprint density at radius 1 is 1.55 bits per heavy atom. The number of likely N-dealkylation sites (tertiary alicyclic amines) is 1. The van der Waals surface area contributed by atoms with E-state index in [9.17, 15) is 9.59 Å². The quantitative estimate of drug-likeness (QED) is 0.742. The Balaban J connectivity index is 2.06. The van der Waals surface area contributed by atoms with E-state index >= 15 is 0 Å². The molecule has 2 atom stereocenters. The first kappa shape index (κ1) is 16.0. The summed E-state index contributed by atoms with van der Waals surface area (Å²) in [5, 5.41) is 16.5. The molecule has 9 heteroatoms. The third-order valence-electron chi connectivity index (χ3n) is 3.39. The Morgan fingerprint density at radius 2 is 2.32 bits per heavy atom. The molecular weight excluding hydrogens is 292 g/mol. The van der Waals surface area contributed by atoms with E-state index in [0.29, 0.717) is 18.8 Å². The van der Waals surface area contributed by atoms with Crippen molar-refractivity contribution in [2.24, 2.45) is 0 Å². The van der Waals surface area contributed by atoms with Gasteiger partial charge in [-0.2, -0.15) is 0 Å². The Bertz CT molecular complexity index is 558. The standard InChI is InChI=1S/C13H18N4O5/c1-3-4-22-13(20)16-5-9(11(7-16)21-2)10-6-17(15-14-10)8-12(18)19/h3,6,9,11H,1,4-5,7-8H2,2H3,(H,18,19)/t9-,11+/m1/s1. The molecule has 9 nitrogen and oxygen atoms in total. The van der Waals surface area contributed by atoms with E-state index < -0.39 is 12.1 Å². The maximum absolute atomic E-state index is 11.9. The third kappa shape index (κ3) is 3.61. The van der Waals surface area contributed by atoms with Crippen LogP contribution in [0, 0.1) is 0 Å². The van der Waals surface area contributed by atoms with E-state index in [1.807, 2.05) is 0 Å². The molecule has 1 saturated heterocycles. The zero-order valence-electron chi connectivity index (χ0n) is 12.2. The zero-order chi connectivity index (χ0) is 16.1. The average Bonchev–Trinajstić information content (AvgIpc) is 3.10. The van der Waals surface area contributed by atoms with E-state index in [1.54, 1.807) is 13.3 Å². The van der Waals surface area contributed by atoms with Gasteiger partial charge in [0, 0.05) is 19.9 Å². The van der Waals surface area contributed by atoms with Crippen molar-refractivity contribution in [3.63, 3.8) is 0 Å². The van der Waals surface area contributed by atoms with E-state index in [1.165, 1.54) is 15.7 Å². The van der Waals surface area contributed by atoms with Crippen molar-refractivity contribution in [1.82, 2.24) is 19.9 Å². The fraction of sp³-hybridized carbons (Fsp3) is 0.538. The number of ether oxygens (including phenoxy) is 2. The van der Waals surface area contributed by atoms with Gasteiger partial charge in [0.2, 0.25) is 0 Å². The number of hydrogen-bond donors (Lipinski definition) is 1. The van der Waals surface area contributed by atoms with Crippen LogP contribution in [0.4, 0.5) is 4.79 Å². The summed E-state index contributed by atoms with van der Waals surface area (Å²) in [5.74, 6) is -1.18. The molecule has 0 bridgehead atoms. The summed E-state index contributed by atoms with van der Waals surface area (Å²) >= 11 is 0. The van der Waals surface area contributed by atoms with Crippen molar-refractivity contribution in [2.45, 2.75) is 18.6 Å². The molecule has 0 spiro atoms. The number of aliphatic carboxylic acids is 1. The molecule has 1 amide bonds. The molecule has 1 N–H and O–H groups in total. The second-order valence-corrected chi connectivity index (χ2v) is 4.89. The number of carboxylic acids is 1. The number of nitrogens with zero attached hydrogens (tertiary/aromatic N) is 4. The van der Waals surface area contributed by atoms with Gasteiger partial charge in [-0.1, -0.05) is 17.9 Å². The number of carboxylic acid groups (broad SMARTS) is 1. The molecule has 2 heterocycles. The number of amides is 1. The van der Waals surface area contributed by atoms with Crippen LogP contribution in [-0.2, 0) is 20.8 Å². The maximum Gasteiger partial charge on any atom is 0.410 e. The molecule has 22 heavy (non-hydrogen) atoms. The molecule has 0 aliphatic carbocycles. The monoisotopic (exact) mass is 310 g/mol. The molecule has 2 rings (SSSR count). The fourth-order valence-electron chi connectivity index (χ4n) is 2.37. The Hall–Kier alpha value is -2.42. The lowest BCUT2D eigenvalue weighted by Gasteiger charge is -2.14. The normalized spacial score (nSPS) is 20.9. The number of carbonyl (C=O) groups is 2. The highest BCUT2D eigenvalue weighted by molar-refractivity contribution is 5.68. The molecular formula is C13H18N4O5.